The van der Waals surface area contributed by atoms with Gasteiger partial charge >= 0.3 is 0 Å². The third kappa shape index (κ3) is 9.03. The zero-order valence-corrected chi connectivity index (χ0v) is 27.4. The SMILES string of the molecule is CCCCNC(=O)[C@H](Cc1ccccc1)N(Cc1ccc(F)cc1)C(=O)CN(c1ccc(C(C)C)cc1)S(=O)(=O)c1ccccc1. The maximum absolute atomic E-state index is 14.5. The Labute approximate surface area is 272 Å². The van der Waals surface area contributed by atoms with Crippen molar-refractivity contribution in [1.29, 1.82) is 0 Å². The van der Waals surface area contributed by atoms with Gasteiger partial charge in [-0.3, -0.25) is 13.9 Å². The Morgan fingerprint density at radius 3 is 2.00 bits per heavy atom. The molecule has 0 heterocycles. The first kappa shape index (κ1) is 34.4. The van der Waals surface area contributed by atoms with Gasteiger partial charge in [-0.2, -0.15) is 0 Å². The van der Waals surface area contributed by atoms with Crippen LogP contribution in [0.15, 0.2) is 114 Å². The van der Waals surface area contributed by atoms with E-state index in [1.165, 1.54) is 29.2 Å². The van der Waals surface area contributed by atoms with Gasteiger partial charge in [-0.05, 0) is 65.4 Å². The Hall–Kier alpha value is -4.50. The average molecular weight is 644 g/mol. The molecule has 4 aromatic carbocycles. The van der Waals surface area contributed by atoms with Crippen LogP contribution in [0.25, 0.3) is 0 Å². The number of hydrogen-bond acceptors (Lipinski definition) is 4. The summed E-state index contributed by atoms with van der Waals surface area (Å²) in [5, 5.41) is 2.97. The maximum atomic E-state index is 14.5. The topological polar surface area (TPSA) is 86.8 Å². The second-order valence-electron chi connectivity index (χ2n) is 11.6. The Bertz CT molecular complexity index is 1660. The Morgan fingerprint density at radius 2 is 1.41 bits per heavy atom. The van der Waals surface area contributed by atoms with E-state index in [2.05, 4.69) is 5.32 Å². The quantitative estimate of drug-likeness (QED) is 0.146. The summed E-state index contributed by atoms with van der Waals surface area (Å²) in [6, 6.07) is 29.2. The Kier molecular flexibility index (Phi) is 12.1. The lowest BCUT2D eigenvalue weighted by Crippen LogP contribution is -2.53. The molecular formula is C37H42FN3O4S. The molecule has 0 unspecified atom stereocenters. The first-order chi connectivity index (χ1) is 22.1. The number of unbranched alkanes of at least 4 members (excludes halogenated alkanes) is 1. The summed E-state index contributed by atoms with van der Waals surface area (Å²) in [7, 11) is -4.18. The third-order valence-electron chi connectivity index (χ3n) is 7.82. The van der Waals surface area contributed by atoms with Crippen molar-refractivity contribution in [2.75, 3.05) is 17.4 Å². The molecule has 1 N–H and O–H groups in total. The number of nitrogens with one attached hydrogen (secondary N) is 1. The monoisotopic (exact) mass is 643 g/mol. The number of amides is 2. The molecule has 2 amide bonds. The van der Waals surface area contributed by atoms with E-state index in [1.54, 1.807) is 42.5 Å². The standard InChI is InChI=1S/C37H42FN3O4S/c1-4-5-24-39-37(43)35(25-29-12-8-6-9-13-29)40(26-30-16-20-32(38)21-17-30)36(42)27-41(33-22-18-31(19-23-33)28(2)3)46(44,45)34-14-10-7-11-15-34/h6-23,28,35H,4-5,24-27H2,1-3H3,(H,39,43)/t35-/m0/s1. The molecule has 0 aromatic heterocycles. The highest BCUT2D eigenvalue weighted by Crippen LogP contribution is 2.27. The molecular weight excluding hydrogens is 601 g/mol. The molecule has 242 valence electrons. The highest BCUT2D eigenvalue weighted by Gasteiger charge is 2.34. The van der Waals surface area contributed by atoms with E-state index >= 15 is 0 Å². The number of anilines is 1. The first-order valence-electron chi connectivity index (χ1n) is 15.6. The van der Waals surface area contributed by atoms with Crippen LogP contribution in [0.1, 0.15) is 56.2 Å². The van der Waals surface area contributed by atoms with Gasteiger partial charge < -0.3 is 10.2 Å². The van der Waals surface area contributed by atoms with Crippen LogP contribution in [0, 0.1) is 5.82 Å². The summed E-state index contributed by atoms with van der Waals surface area (Å²) in [5.74, 6) is -1.11. The van der Waals surface area contributed by atoms with Crippen molar-refractivity contribution in [1.82, 2.24) is 10.2 Å². The molecule has 0 radical (unpaired) electrons. The Balaban J connectivity index is 1.78. The van der Waals surface area contributed by atoms with Crippen molar-refractivity contribution in [3.63, 3.8) is 0 Å². The van der Waals surface area contributed by atoms with Gasteiger partial charge in [0.15, 0.2) is 0 Å². The summed E-state index contributed by atoms with van der Waals surface area (Å²) < 4.78 is 43.2. The zero-order valence-electron chi connectivity index (χ0n) is 26.6. The fourth-order valence-electron chi connectivity index (χ4n) is 5.12. The van der Waals surface area contributed by atoms with Gasteiger partial charge in [0.05, 0.1) is 10.6 Å². The molecule has 0 fully saturated rings. The highest BCUT2D eigenvalue weighted by atomic mass is 32.2. The zero-order chi connectivity index (χ0) is 33.1. The van der Waals surface area contributed by atoms with Gasteiger partial charge in [0.1, 0.15) is 18.4 Å². The van der Waals surface area contributed by atoms with Gasteiger partial charge in [0.25, 0.3) is 10.0 Å². The minimum absolute atomic E-state index is 0.0245. The minimum atomic E-state index is -4.18. The fourth-order valence-corrected chi connectivity index (χ4v) is 6.56. The maximum Gasteiger partial charge on any atom is 0.264 e. The number of nitrogens with zero attached hydrogens (tertiary/aromatic N) is 2. The summed E-state index contributed by atoms with van der Waals surface area (Å²) in [6.07, 6.45) is 1.86. The number of benzene rings is 4. The largest absolute Gasteiger partial charge is 0.354 e. The first-order valence-corrected chi connectivity index (χ1v) is 17.1. The van der Waals surface area contributed by atoms with Gasteiger partial charge in [-0.15, -0.1) is 0 Å². The van der Waals surface area contributed by atoms with Crippen molar-refractivity contribution in [2.24, 2.45) is 0 Å². The molecule has 7 nitrogen and oxygen atoms in total. The molecule has 4 rings (SSSR count). The van der Waals surface area contributed by atoms with Gasteiger partial charge in [-0.25, -0.2) is 12.8 Å². The van der Waals surface area contributed by atoms with E-state index < -0.39 is 34.3 Å². The molecule has 4 aromatic rings. The van der Waals surface area contributed by atoms with E-state index in [9.17, 15) is 22.4 Å². The third-order valence-corrected chi connectivity index (χ3v) is 9.61. The van der Waals surface area contributed by atoms with Crippen LogP contribution < -0.4 is 9.62 Å². The lowest BCUT2D eigenvalue weighted by Gasteiger charge is -2.34. The lowest BCUT2D eigenvalue weighted by molar-refractivity contribution is -0.140. The summed E-state index contributed by atoms with van der Waals surface area (Å²) >= 11 is 0. The van der Waals surface area contributed by atoms with Crippen LogP contribution in [0.5, 0.6) is 0 Å². The molecule has 46 heavy (non-hydrogen) atoms. The number of carbonyl (C=O) groups is 2. The minimum Gasteiger partial charge on any atom is -0.354 e. The molecule has 0 aliphatic heterocycles. The van der Waals surface area contributed by atoms with Crippen LogP contribution in [-0.4, -0.2) is 44.3 Å². The molecule has 0 spiro atoms. The van der Waals surface area contributed by atoms with E-state index in [-0.39, 0.29) is 29.7 Å². The van der Waals surface area contributed by atoms with Crippen molar-refractivity contribution < 1.29 is 22.4 Å². The molecule has 9 heteroatoms. The fraction of sp³-hybridized carbons (Fsp3) is 0.297. The molecule has 0 saturated heterocycles. The van der Waals surface area contributed by atoms with E-state index in [0.29, 0.717) is 17.8 Å². The van der Waals surface area contributed by atoms with Crippen molar-refractivity contribution >= 4 is 27.5 Å². The van der Waals surface area contributed by atoms with Crippen LogP contribution in [0.4, 0.5) is 10.1 Å². The molecule has 0 aliphatic rings. The number of rotatable bonds is 15. The molecule has 0 saturated carbocycles. The highest BCUT2D eigenvalue weighted by molar-refractivity contribution is 7.92. The van der Waals surface area contributed by atoms with Gasteiger partial charge in [0, 0.05) is 19.5 Å². The number of sulfonamides is 1. The Morgan fingerprint density at radius 1 is 0.804 bits per heavy atom. The normalized spacial score (nSPS) is 12.0. The summed E-state index contributed by atoms with van der Waals surface area (Å²) in [6.45, 7) is 5.98. The molecule has 0 bridgehead atoms. The second kappa shape index (κ2) is 16.2. The van der Waals surface area contributed by atoms with Gasteiger partial charge in [-0.1, -0.05) is 100.0 Å². The second-order valence-corrected chi connectivity index (χ2v) is 13.4. The van der Waals surface area contributed by atoms with Crippen LogP contribution in [-0.2, 0) is 32.6 Å². The predicted octanol–water partition coefficient (Wildman–Crippen LogP) is 6.70. The van der Waals surface area contributed by atoms with E-state index in [0.717, 1.165) is 28.3 Å². The smallest absolute Gasteiger partial charge is 0.264 e. The number of halogens is 1. The van der Waals surface area contributed by atoms with E-state index in [4.69, 9.17) is 0 Å². The van der Waals surface area contributed by atoms with E-state index in [1.807, 2.05) is 63.2 Å². The summed E-state index contributed by atoms with van der Waals surface area (Å²) in [4.78, 5) is 29.7. The van der Waals surface area contributed by atoms with Crippen molar-refractivity contribution in [3.05, 3.63) is 132 Å². The van der Waals surface area contributed by atoms with Gasteiger partial charge in [0.2, 0.25) is 11.8 Å². The van der Waals surface area contributed by atoms with Crippen LogP contribution >= 0.6 is 0 Å². The van der Waals surface area contributed by atoms with Crippen LogP contribution in [0.2, 0.25) is 0 Å². The van der Waals surface area contributed by atoms with Crippen molar-refractivity contribution in [2.45, 2.75) is 63.4 Å². The van der Waals surface area contributed by atoms with Crippen molar-refractivity contribution in [3.8, 4) is 0 Å². The average Bonchev–Trinajstić information content (AvgIpc) is 3.07. The number of carbonyl (C=O) groups excluding carboxylic acids is 2. The lowest BCUT2D eigenvalue weighted by atomic mass is 10.0. The van der Waals surface area contributed by atoms with Crippen LogP contribution in [0.3, 0.4) is 0 Å². The molecule has 1 atom stereocenters. The molecule has 0 aliphatic carbocycles. The number of hydrogen-bond donors (Lipinski definition) is 1. The predicted molar refractivity (Wildman–Crippen MR) is 180 cm³/mol. The summed E-state index contributed by atoms with van der Waals surface area (Å²) in [5.41, 5.74) is 2.80.